The van der Waals surface area contributed by atoms with E-state index in [0.29, 0.717) is 18.9 Å². The molecule has 3 rings (SSSR count). The molecule has 1 fully saturated rings. The summed E-state index contributed by atoms with van der Waals surface area (Å²) in [5.41, 5.74) is 0.560. The maximum atomic E-state index is 12.9. The maximum Gasteiger partial charge on any atom is 0.340 e. The van der Waals surface area contributed by atoms with Gasteiger partial charge in [-0.3, -0.25) is 4.79 Å². The molecule has 10 heteroatoms. The number of carbonyl (C=O) groups is 2. The Balaban J connectivity index is 1.75. The molecule has 8 nitrogen and oxygen atoms in total. The van der Waals surface area contributed by atoms with E-state index in [4.69, 9.17) is 21.1 Å². The molecule has 0 N–H and O–H groups in total. The number of rotatable bonds is 7. The fourth-order valence-electron chi connectivity index (χ4n) is 3.35. The minimum absolute atomic E-state index is 0.0344. The molecule has 0 spiro atoms. The molecule has 1 amide bonds. The molecule has 0 aromatic heterocycles. The standard InChI is InChI=1S/C22H25ClN2O6S/c1-16(2)25(17-6-4-3-5-7-17)21(26)15-31-22(27)19-14-18(8-9-20(19)23)32(28,29)24-10-12-30-13-11-24/h3-9,14,16H,10-13,15H2,1-2H3. The number of anilines is 1. The summed E-state index contributed by atoms with van der Waals surface area (Å²) in [6, 6.07) is 12.7. The lowest BCUT2D eigenvalue weighted by molar-refractivity contribution is -0.122. The van der Waals surface area contributed by atoms with Gasteiger partial charge in [0.05, 0.1) is 28.7 Å². The Morgan fingerprint density at radius 1 is 1.12 bits per heavy atom. The Kier molecular flexibility index (Phi) is 7.89. The first-order valence-electron chi connectivity index (χ1n) is 10.1. The van der Waals surface area contributed by atoms with Crippen LogP contribution in [0.2, 0.25) is 5.02 Å². The Morgan fingerprint density at radius 2 is 1.78 bits per heavy atom. The number of morpholine rings is 1. The summed E-state index contributed by atoms with van der Waals surface area (Å²) in [4.78, 5) is 26.8. The minimum Gasteiger partial charge on any atom is -0.452 e. The predicted octanol–water partition coefficient (Wildman–Crippen LogP) is 2.96. The lowest BCUT2D eigenvalue weighted by Crippen LogP contribution is -2.40. The zero-order chi connectivity index (χ0) is 23.3. The van der Waals surface area contributed by atoms with Crippen LogP contribution in [0.1, 0.15) is 24.2 Å². The van der Waals surface area contributed by atoms with Crippen LogP contribution >= 0.6 is 11.6 Å². The van der Waals surface area contributed by atoms with Crippen LogP contribution in [0.25, 0.3) is 0 Å². The number of ether oxygens (including phenoxy) is 2. The number of para-hydroxylation sites is 1. The topological polar surface area (TPSA) is 93.2 Å². The number of hydrogen-bond acceptors (Lipinski definition) is 6. The van der Waals surface area contributed by atoms with Crippen LogP contribution in [0.4, 0.5) is 5.69 Å². The zero-order valence-corrected chi connectivity index (χ0v) is 19.4. The number of benzene rings is 2. The molecule has 1 aliphatic heterocycles. The van der Waals surface area contributed by atoms with E-state index in [9.17, 15) is 18.0 Å². The van der Waals surface area contributed by atoms with E-state index in [1.165, 1.54) is 27.4 Å². The highest BCUT2D eigenvalue weighted by molar-refractivity contribution is 7.89. The molecule has 0 aliphatic carbocycles. The molecule has 172 valence electrons. The number of hydrogen-bond donors (Lipinski definition) is 0. The van der Waals surface area contributed by atoms with Crippen LogP contribution in [0.3, 0.4) is 0 Å². The minimum atomic E-state index is -3.82. The van der Waals surface area contributed by atoms with E-state index in [-0.39, 0.29) is 34.6 Å². The highest BCUT2D eigenvalue weighted by Gasteiger charge is 2.28. The van der Waals surface area contributed by atoms with Gasteiger partial charge in [-0.1, -0.05) is 29.8 Å². The third-order valence-corrected chi connectivity index (χ3v) is 7.14. The van der Waals surface area contributed by atoms with E-state index < -0.39 is 28.5 Å². The van der Waals surface area contributed by atoms with Crippen molar-refractivity contribution >= 4 is 39.2 Å². The van der Waals surface area contributed by atoms with Crippen molar-refractivity contribution in [1.82, 2.24) is 4.31 Å². The first-order valence-corrected chi connectivity index (χ1v) is 12.0. The van der Waals surface area contributed by atoms with Gasteiger partial charge in [0.2, 0.25) is 10.0 Å². The summed E-state index contributed by atoms with van der Waals surface area (Å²) in [7, 11) is -3.82. The van der Waals surface area contributed by atoms with Gasteiger partial charge in [-0.2, -0.15) is 4.31 Å². The third kappa shape index (κ3) is 5.47. The molecular formula is C22H25ClN2O6S. The van der Waals surface area contributed by atoms with Crippen molar-refractivity contribution in [2.45, 2.75) is 24.8 Å². The largest absolute Gasteiger partial charge is 0.452 e. The van der Waals surface area contributed by atoms with Gasteiger partial charge < -0.3 is 14.4 Å². The second-order valence-corrected chi connectivity index (χ2v) is 9.77. The number of nitrogens with zero attached hydrogens (tertiary/aromatic N) is 2. The van der Waals surface area contributed by atoms with E-state index >= 15 is 0 Å². The number of esters is 1. The van der Waals surface area contributed by atoms with Gasteiger partial charge in [-0.25, -0.2) is 13.2 Å². The van der Waals surface area contributed by atoms with Crippen LogP contribution < -0.4 is 4.90 Å². The highest BCUT2D eigenvalue weighted by atomic mass is 35.5. The predicted molar refractivity (Wildman–Crippen MR) is 120 cm³/mol. The average Bonchev–Trinajstić information content (AvgIpc) is 2.79. The number of carbonyl (C=O) groups excluding carboxylic acids is 2. The Hall–Kier alpha value is -2.46. The number of sulfonamides is 1. The summed E-state index contributed by atoms with van der Waals surface area (Å²) in [6.07, 6.45) is 0. The van der Waals surface area contributed by atoms with Crippen molar-refractivity contribution in [2.24, 2.45) is 0 Å². The average molecular weight is 481 g/mol. The van der Waals surface area contributed by atoms with Crippen molar-refractivity contribution < 1.29 is 27.5 Å². The Bertz CT molecular complexity index is 1070. The second kappa shape index (κ2) is 10.4. The van der Waals surface area contributed by atoms with Crippen LogP contribution in [0, 0.1) is 0 Å². The lowest BCUT2D eigenvalue weighted by atomic mass is 10.2. The summed E-state index contributed by atoms with van der Waals surface area (Å²) in [5.74, 6) is -1.29. The molecule has 0 saturated carbocycles. The van der Waals surface area contributed by atoms with E-state index in [1.807, 2.05) is 32.0 Å². The Morgan fingerprint density at radius 3 is 2.41 bits per heavy atom. The smallest absolute Gasteiger partial charge is 0.340 e. The van der Waals surface area contributed by atoms with Crippen LogP contribution in [0.15, 0.2) is 53.4 Å². The molecule has 0 bridgehead atoms. The molecule has 0 atom stereocenters. The Labute approximate surface area is 192 Å². The summed E-state index contributed by atoms with van der Waals surface area (Å²) in [5, 5.41) is 0.0344. The van der Waals surface area contributed by atoms with E-state index in [0.717, 1.165) is 0 Å². The van der Waals surface area contributed by atoms with Gasteiger partial charge in [-0.15, -0.1) is 0 Å². The first kappa shape index (κ1) is 24.2. The third-order valence-electron chi connectivity index (χ3n) is 4.91. The van der Waals surface area contributed by atoms with Crippen LogP contribution in [-0.2, 0) is 24.3 Å². The summed E-state index contributed by atoms with van der Waals surface area (Å²) < 4.78 is 37.4. The van der Waals surface area contributed by atoms with Gasteiger partial charge in [0.1, 0.15) is 0 Å². The van der Waals surface area contributed by atoms with E-state index in [1.54, 1.807) is 12.1 Å². The van der Waals surface area contributed by atoms with Gasteiger partial charge >= 0.3 is 5.97 Å². The van der Waals surface area contributed by atoms with Crippen molar-refractivity contribution in [3.63, 3.8) is 0 Å². The summed E-state index contributed by atoms with van der Waals surface area (Å²) >= 11 is 6.13. The maximum absolute atomic E-state index is 12.9. The normalized spacial score (nSPS) is 14.9. The van der Waals surface area contributed by atoms with E-state index in [2.05, 4.69) is 0 Å². The monoisotopic (exact) mass is 480 g/mol. The van der Waals surface area contributed by atoms with Crippen LogP contribution in [-0.4, -0.2) is 63.6 Å². The zero-order valence-electron chi connectivity index (χ0n) is 17.9. The van der Waals surface area contributed by atoms with Crippen molar-refractivity contribution in [1.29, 1.82) is 0 Å². The molecule has 1 aliphatic rings. The SMILES string of the molecule is CC(C)N(C(=O)COC(=O)c1cc(S(=O)(=O)N2CCOCC2)ccc1Cl)c1ccccc1. The number of amides is 1. The first-order chi connectivity index (χ1) is 15.2. The fraction of sp³-hybridized carbons (Fsp3) is 0.364. The molecule has 2 aromatic carbocycles. The lowest BCUT2D eigenvalue weighted by Gasteiger charge is -2.27. The number of halogens is 1. The molecule has 0 unspecified atom stereocenters. The fourth-order valence-corrected chi connectivity index (χ4v) is 4.98. The van der Waals surface area contributed by atoms with Gasteiger partial charge in [-0.05, 0) is 44.2 Å². The summed E-state index contributed by atoms with van der Waals surface area (Å²) in [6.45, 7) is 4.25. The van der Waals surface area contributed by atoms with Gasteiger partial charge in [0.25, 0.3) is 5.91 Å². The molecule has 1 saturated heterocycles. The van der Waals surface area contributed by atoms with Crippen LogP contribution in [0.5, 0.6) is 0 Å². The molecule has 32 heavy (non-hydrogen) atoms. The molecule has 0 radical (unpaired) electrons. The quantitative estimate of drug-likeness (QED) is 0.565. The van der Waals surface area contributed by atoms with Crippen molar-refractivity contribution in [3.8, 4) is 0 Å². The molecule has 2 aromatic rings. The molecule has 1 heterocycles. The van der Waals surface area contributed by atoms with Crippen molar-refractivity contribution in [2.75, 3.05) is 37.8 Å². The molecular weight excluding hydrogens is 456 g/mol. The second-order valence-electron chi connectivity index (χ2n) is 7.43. The van der Waals surface area contributed by atoms with Crippen molar-refractivity contribution in [3.05, 3.63) is 59.1 Å². The van der Waals surface area contributed by atoms with Gasteiger partial charge in [0.15, 0.2) is 6.61 Å². The highest BCUT2D eigenvalue weighted by Crippen LogP contribution is 2.24. The van der Waals surface area contributed by atoms with Gasteiger partial charge in [0, 0.05) is 24.8 Å².